The Kier molecular flexibility index (Phi) is 32.6. The van der Waals surface area contributed by atoms with Crippen molar-refractivity contribution in [2.24, 2.45) is 5.92 Å². The van der Waals surface area contributed by atoms with Crippen molar-refractivity contribution >= 4 is 95.4 Å². The van der Waals surface area contributed by atoms with Gasteiger partial charge in [0.05, 0.1) is 30.3 Å². The van der Waals surface area contributed by atoms with Crippen LogP contribution in [0.5, 0.6) is 23.0 Å². The molecule has 11 nitrogen and oxygen atoms in total. The van der Waals surface area contributed by atoms with E-state index in [4.69, 9.17) is 46.8 Å². The van der Waals surface area contributed by atoms with Gasteiger partial charge in [-0.1, -0.05) is 308 Å². The van der Waals surface area contributed by atoms with Crippen LogP contribution in [0, 0.1) is 12.8 Å². The number of ketones is 1. The molecule has 6 heterocycles. The molecule has 6 aromatic heterocycles. The normalized spacial score (nSPS) is 11.1. The molecule has 0 saturated heterocycles. The van der Waals surface area contributed by atoms with Crippen molar-refractivity contribution in [2.75, 3.05) is 14.2 Å². The Balaban J connectivity index is 0.000000135. The van der Waals surface area contributed by atoms with Crippen molar-refractivity contribution in [1.82, 2.24) is 23.9 Å². The van der Waals surface area contributed by atoms with Gasteiger partial charge in [-0.25, -0.2) is 9.97 Å². The maximum absolute atomic E-state index is 13.1. The zero-order valence-corrected chi connectivity index (χ0v) is 78.2. The minimum absolute atomic E-state index is 0.0498. The lowest BCUT2D eigenvalue weighted by atomic mass is 9.99. The number of benzene rings is 12. The van der Waals surface area contributed by atoms with Gasteiger partial charge in [0.1, 0.15) is 34.3 Å². The van der Waals surface area contributed by atoms with E-state index in [1.807, 2.05) is 200 Å². The van der Waals surface area contributed by atoms with Crippen LogP contribution in [0.4, 0.5) is 0 Å². The number of para-hydroxylation sites is 1. The molecule has 0 bridgehead atoms. The molecule has 18 rings (SSSR count). The second-order valence-corrected chi connectivity index (χ2v) is 35.8. The van der Waals surface area contributed by atoms with Crippen LogP contribution in [0.1, 0.15) is 202 Å². The van der Waals surface area contributed by atoms with Crippen molar-refractivity contribution in [1.29, 1.82) is 0 Å². The summed E-state index contributed by atoms with van der Waals surface area (Å²) >= 11 is 13.6. The standard InChI is InChI=1S/C20H20ClNO2.C19H19NO.C16H16N2.C15H14ClN.C15H16O.C14H14OS.C14H16O/c1-12(2)19-13(3)22(18-10-9-16(24-4)11-17(18)19)20(23)14-5-7-15(21)8-6-14;1-14(2)13-17-20-18(15-9-5-3-6-10-15)19(21-17)16-11-7-4-8-12-16;1-12(2)13-6-8-14(9-7-13)15-11-18-10-4-3-5-16(18)17-15;1-9(2)10-3-5-12-13-8-11(16)4-6-14(13)17-15(12)7-10;1-12(2)13-7-6-10-15(11-13)16-14-8-4-3-5-9-14;1-10(2)12-8-9-13(16-12)14(15)11-6-4-3-5-7-11;1-10(2)11-4-5-13-9-14(15-3)7-6-12(13)8-11/h5-12H,1-4H3;3-12,14H,13H2,1-2H3;3-12H,1-2H3;3-9,17H,1-2H3;3-12H,1-2H3;3-10H,1-2H3;4-10H,1-3H3. The first-order valence-electron chi connectivity index (χ1n) is 43.7. The molecule has 0 atom stereocenters. The maximum Gasteiger partial charge on any atom is 0.262 e. The van der Waals surface area contributed by atoms with Crippen LogP contribution < -0.4 is 14.2 Å². The van der Waals surface area contributed by atoms with Crippen molar-refractivity contribution in [3.63, 3.8) is 0 Å². The fourth-order valence-corrected chi connectivity index (χ4v) is 16.1. The molecule has 0 aliphatic carbocycles. The number of imidazole rings is 1. The monoisotopic (exact) mass is 1740 g/mol. The summed E-state index contributed by atoms with van der Waals surface area (Å²) < 4.78 is 26.2. The van der Waals surface area contributed by atoms with Crippen molar-refractivity contribution in [3.05, 3.63) is 398 Å². The third-order valence-corrected chi connectivity index (χ3v) is 23.7. The first kappa shape index (κ1) is 93.3. The van der Waals surface area contributed by atoms with Crippen LogP contribution in [0.25, 0.3) is 83.0 Å². The molecular formula is C113H115Cl2N5O6S. The van der Waals surface area contributed by atoms with E-state index in [9.17, 15) is 9.59 Å². The molecule has 1 N–H and O–H groups in total. The van der Waals surface area contributed by atoms with E-state index in [1.165, 1.54) is 65.3 Å². The number of aromatic nitrogens is 5. The van der Waals surface area contributed by atoms with Crippen LogP contribution in [-0.2, 0) is 6.42 Å². The molecule has 0 saturated carbocycles. The van der Waals surface area contributed by atoms with Gasteiger partial charge in [0.15, 0.2) is 11.7 Å². The Bertz CT molecular complexity index is 6510. The Hall–Kier alpha value is -12.8. The van der Waals surface area contributed by atoms with Gasteiger partial charge in [0, 0.05) is 94.4 Å². The zero-order valence-electron chi connectivity index (χ0n) is 75.8. The fourth-order valence-electron chi connectivity index (χ4n) is 14.8. The summed E-state index contributed by atoms with van der Waals surface area (Å²) in [5.41, 5.74) is 18.4. The molecule has 127 heavy (non-hydrogen) atoms. The molecule has 0 aliphatic heterocycles. The van der Waals surface area contributed by atoms with E-state index in [-0.39, 0.29) is 11.7 Å². The van der Waals surface area contributed by atoms with Gasteiger partial charge in [-0.3, -0.25) is 14.2 Å². The number of halogens is 2. The topological polar surface area (TPSA) is 126 Å². The number of nitrogens with one attached hydrogen (secondary N) is 1. The van der Waals surface area contributed by atoms with E-state index in [0.29, 0.717) is 52.0 Å². The highest BCUT2D eigenvalue weighted by Crippen LogP contribution is 2.38. The molecule has 0 radical (unpaired) electrons. The number of pyridine rings is 1. The van der Waals surface area contributed by atoms with Gasteiger partial charge in [-0.05, 0) is 214 Å². The summed E-state index contributed by atoms with van der Waals surface area (Å²) in [6.45, 7) is 32.5. The van der Waals surface area contributed by atoms with E-state index >= 15 is 0 Å². The lowest BCUT2D eigenvalue weighted by Crippen LogP contribution is -2.13. The van der Waals surface area contributed by atoms with Crippen molar-refractivity contribution in [3.8, 4) is 56.8 Å². The number of hydrogen-bond acceptors (Lipinski definition) is 9. The molecule has 14 heteroatoms. The summed E-state index contributed by atoms with van der Waals surface area (Å²) in [6.07, 6.45) is 4.95. The minimum atomic E-state index is -0.0498. The van der Waals surface area contributed by atoms with Gasteiger partial charge < -0.3 is 28.0 Å². The highest BCUT2D eigenvalue weighted by molar-refractivity contribution is 7.14. The Labute approximate surface area is 763 Å². The summed E-state index contributed by atoms with van der Waals surface area (Å²) in [7, 11) is 3.35. The van der Waals surface area contributed by atoms with E-state index in [1.54, 1.807) is 54.4 Å². The number of fused-ring (bicyclic) bond motifs is 6. The number of hydrogen-bond donors (Lipinski definition) is 1. The molecule has 0 fully saturated rings. The molecule has 0 amide bonds. The molecule has 18 aromatic rings. The Morgan fingerprint density at radius 2 is 1.00 bits per heavy atom. The highest BCUT2D eigenvalue weighted by Gasteiger charge is 2.24. The molecule has 0 spiro atoms. The van der Waals surface area contributed by atoms with Crippen LogP contribution >= 0.6 is 34.5 Å². The molecule has 12 aromatic carbocycles. The van der Waals surface area contributed by atoms with Gasteiger partial charge >= 0.3 is 0 Å². The third kappa shape index (κ3) is 24.7. The van der Waals surface area contributed by atoms with Gasteiger partial charge in [0.2, 0.25) is 5.78 Å². The van der Waals surface area contributed by atoms with Crippen LogP contribution in [0.3, 0.4) is 0 Å². The summed E-state index contributed by atoms with van der Waals surface area (Å²) in [5.74, 6) is 8.77. The van der Waals surface area contributed by atoms with Crippen LogP contribution in [-0.4, -0.2) is 49.8 Å². The first-order chi connectivity index (χ1) is 61.2. The number of carbonyl (C=O) groups excluding carboxylic acids is 2. The number of carbonyl (C=O) groups is 2. The van der Waals surface area contributed by atoms with Gasteiger partial charge in [0.25, 0.3) is 5.91 Å². The predicted octanol–water partition coefficient (Wildman–Crippen LogP) is 32.5. The predicted molar refractivity (Wildman–Crippen MR) is 534 cm³/mol. The number of rotatable bonds is 18. The quantitative estimate of drug-likeness (QED) is 0.0842. The number of ether oxygens (including phenoxy) is 3. The maximum atomic E-state index is 13.1. The number of nitrogens with zero attached hydrogens (tertiary/aromatic N) is 4. The largest absolute Gasteiger partial charge is 0.497 e. The van der Waals surface area contributed by atoms with Crippen LogP contribution in [0.15, 0.2) is 332 Å². The average Bonchev–Trinajstić information content (AvgIpc) is 1.59. The summed E-state index contributed by atoms with van der Waals surface area (Å²) in [5, 5.41) is 7.42. The van der Waals surface area contributed by atoms with E-state index in [0.717, 1.165) is 107 Å². The SMILES string of the molecule is CC(C)Cc1nc(-c2ccccc2)c(-c2ccccc2)o1.CC(C)c1ccc(-c2cn3ccccc3n2)cc1.CC(C)c1ccc(C(=O)c2ccccc2)s1.CC(C)c1ccc2c(c1)[nH]c1ccc(Cl)cc12.CC(C)c1cccc(Oc2ccccc2)c1.COc1ccc2c(c1)c(C(C)C)c(C)n2C(=O)c1ccc(Cl)cc1.COc1ccc2cc(C(C)C)ccc2c1. The molecule has 0 unspecified atom stereocenters. The Morgan fingerprint density at radius 1 is 0.433 bits per heavy atom. The number of aromatic amines is 1. The minimum Gasteiger partial charge on any atom is -0.497 e. The highest BCUT2D eigenvalue weighted by atomic mass is 35.5. The summed E-state index contributed by atoms with van der Waals surface area (Å²) in [6, 6.07) is 105. The average molecular weight is 1740 g/mol. The lowest BCUT2D eigenvalue weighted by Gasteiger charge is -2.09. The second-order valence-electron chi connectivity index (χ2n) is 33.8. The smallest absolute Gasteiger partial charge is 0.262 e. The van der Waals surface area contributed by atoms with Crippen LogP contribution in [0.2, 0.25) is 10.0 Å². The van der Waals surface area contributed by atoms with Gasteiger partial charge in [-0.15, -0.1) is 11.3 Å². The fraction of sp³-hybridized carbons (Fsp3) is 0.221. The van der Waals surface area contributed by atoms with E-state index < -0.39 is 0 Å². The first-order valence-corrected chi connectivity index (χ1v) is 45.2. The molecule has 648 valence electrons. The number of oxazole rings is 1. The number of thiophene rings is 1. The van der Waals surface area contributed by atoms with Crippen molar-refractivity contribution in [2.45, 2.75) is 146 Å². The van der Waals surface area contributed by atoms with E-state index in [2.05, 4.69) is 222 Å². The molecule has 0 aliphatic rings. The Morgan fingerprint density at radius 3 is 1.62 bits per heavy atom. The number of methoxy groups -OCH3 is 2. The lowest BCUT2D eigenvalue weighted by molar-refractivity contribution is 0.0962. The summed E-state index contributed by atoms with van der Waals surface area (Å²) in [4.78, 5) is 40.0. The molecular weight excluding hydrogens is 1630 g/mol. The van der Waals surface area contributed by atoms with Crippen molar-refractivity contribution < 1.29 is 28.2 Å². The second kappa shape index (κ2) is 44.3. The zero-order chi connectivity index (χ0) is 90.4. The van der Waals surface area contributed by atoms with Gasteiger partial charge in [-0.2, -0.15) is 0 Å². The number of H-pyrrole nitrogens is 1. The third-order valence-electron chi connectivity index (χ3n) is 21.9.